The number of hydrogen-bond donors (Lipinski definition) is 4. The van der Waals surface area contributed by atoms with Crippen molar-refractivity contribution < 1.29 is 14.3 Å². The number of ether oxygens (including phenoxy) is 2. The van der Waals surface area contributed by atoms with E-state index in [1.807, 2.05) is 25.2 Å². The number of anilines is 5. The summed E-state index contributed by atoms with van der Waals surface area (Å²) < 4.78 is 10.7. The van der Waals surface area contributed by atoms with Crippen LogP contribution in [-0.4, -0.2) is 44.3 Å². The Morgan fingerprint density at radius 3 is 2.53 bits per heavy atom. The van der Waals surface area contributed by atoms with Gasteiger partial charge in [0.25, 0.3) is 0 Å². The minimum atomic E-state index is -0.458. The summed E-state index contributed by atoms with van der Waals surface area (Å²) in [7, 11) is 6.48. The molecule has 0 spiro atoms. The molecule has 0 fully saturated rings. The SMILES string of the molecule is CNCc1ccc(Nc2cc(N(C)C(=O)Nc3c(C)c(OC)cc(OC)c3Cl)ncn2)c(N)c1. The van der Waals surface area contributed by atoms with Crippen molar-refractivity contribution >= 4 is 46.3 Å². The lowest BCUT2D eigenvalue weighted by atomic mass is 10.1. The number of nitrogens with zero attached hydrogens (tertiary/aromatic N) is 3. The van der Waals surface area contributed by atoms with Crippen LogP contribution in [0, 0.1) is 6.92 Å². The van der Waals surface area contributed by atoms with E-state index in [1.165, 1.54) is 25.4 Å². The summed E-state index contributed by atoms with van der Waals surface area (Å²) in [6.07, 6.45) is 1.36. The quantitative estimate of drug-likeness (QED) is 0.350. The first kappa shape index (κ1) is 24.9. The number of nitrogens with two attached hydrogens (primary N) is 1. The molecule has 1 aromatic heterocycles. The van der Waals surface area contributed by atoms with E-state index in [9.17, 15) is 4.79 Å². The molecule has 11 heteroatoms. The van der Waals surface area contributed by atoms with Crippen LogP contribution in [0.5, 0.6) is 11.5 Å². The van der Waals surface area contributed by atoms with Crippen LogP contribution in [0.25, 0.3) is 0 Å². The number of methoxy groups -OCH3 is 2. The number of urea groups is 1. The second-order valence-corrected chi connectivity index (χ2v) is 7.80. The Morgan fingerprint density at radius 2 is 1.88 bits per heavy atom. The Labute approximate surface area is 203 Å². The van der Waals surface area contributed by atoms with Crippen LogP contribution in [0.2, 0.25) is 5.02 Å². The molecule has 0 radical (unpaired) electrons. The molecular weight excluding hydrogens is 458 g/mol. The number of amides is 2. The van der Waals surface area contributed by atoms with Gasteiger partial charge in [-0.3, -0.25) is 4.90 Å². The van der Waals surface area contributed by atoms with Gasteiger partial charge in [-0.25, -0.2) is 14.8 Å². The topological polar surface area (TPSA) is 127 Å². The molecule has 3 rings (SSSR count). The number of nitrogen functional groups attached to an aromatic ring is 1. The number of hydrogen-bond acceptors (Lipinski definition) is 8. The summed E-state index contributed by atoms with van der Waals surface area (Å²) in [6.45, 7) is 2.50. The summed E-state index contributed by atoms with van der Waals surface area (Å²) >= 11 is 6.43. The van der Waals surface area contributed by atoms with Crippen molar-refractivity contribution in [3.8, 4) is 11.5 Å². The first-order chi connectivity index (χ1) is 16.3. The number of carbonyl (C=O) groups is 1. The highest BCUT2D eigenvalue weighted by Crippen LogP contribution is 2.40. The van der Waals surface area contributed by atoms with Crippen molar-refractivity contribution in [1.29, 1.82) is 0 Å². The van der Waals surface area contributed by atoms with Crippen molar-refractivity contribution in [2.45, 2.75) is 13.5 Å². The van der Waals surface area contributed by atoms with Crippen LogP contribution in [-0.2, 0) is 6.54 Å². The molecule has 2 amide bonds. The van der Waals surface area contributed by atoms with E-state index < -0.39 is 6.03 Å². The van der Waals surface area contributed by atoms with E-state index >= 15 is 0 Å². The monoisotopic (exact) mass is 485 g/mol. The van der Waals surface area contributed by atoms with Gasteiger partial charge >= 0.3 is 6.03 Å². The van der Waals surface area contributed by atoms with Crippen LogP contribution in [0.3, 0.4) is 0 Å². The molecule has 0 aliphatic carbocycles. The number of benzene rings is 2. The molecule has 3 aromatic rings. The summed E-state index contributed by atoms with van der Waals surface area (Å²) in [5.74, 6) is 1.76. The Morgan fingerprint density at radius 1 is 1.15 bits per heavy atom. The molecule has 180 valence electrons. The largest absolute Gasteiger partial charge is 0.496 e. The average molecular weight is 486 g/mol. The lowest BCUT2D eigenvalue weighted by molar-refractivity contribution is 0.258. The first-order valence-electron chi connectivity index (χ1n) is 10.4. The molecule has 5 N–H and O–H groups in total. The molecule has 0 saturated carbocycles. The molecule has 0 bridgehead atoms. The van der Waals surface area contributed by atoms with Crippen LogP contribution in [0.4, 0.5) is 33.5 Å². The van der Waals surface area contributed by atoms with Crippen molar-refractivity contribution in [3.05, 3.63) is 52.8 Å². The van der Waals surface area contributed by atoms with Gasteiger partial charge in [0.1, 0.15) is 34.5 Å². The number of rotatable bonds is 8. The lowest BCUT2D eigenvalue weighted by Gasteiger charge is -2.21. The van der Waals surface area contributed by atoms with Gasteiger partial charge in [0.05, 0.1) is 31.3 Å². The van der Waals surface area contributed by atoms with Gasteiger partial charge < -0.3 is 31.2 Å². The van der Waals surface area contributed by atoms with Crippen LogP contribution in [0.1, 0.15) is 11.1 Å². The lowest BCUT2D eigenvalue weighted by Crippen LogP contribution is -2.32. The zero-order valence-corrected chi connectivity index (χ0v) is 20.4. The van der Waals surface area contributed by atoms with Crippen LogP contribution < -0.4 is 36.1 Å². The smallest absolute Gasteiger partial charge is 0.327 e. The van der Waals surface area contributed by atoms with Gasteiger partial charge in [0.15, 0.2) is 0 Å². The van der Waals surface area contributed by atoms with E-state index in [0.717, 1.165) is 5.56 Å². The Balaban J connectivity index is 1.80. The molecule has 0 atom stereocenters. The standard InChI is InChI=1S/C23H28ClN7O3/c1-13-17(33-4)9-18(34-5)21(24)22(13)30-23(32)31(3)20-10-19(27-12-28-20)29-16-7-6-14(11-26-2)8-15(16)25/h6-10,12,26H,11,25H2,1-5H3,(H,30,32)(H,27,28,29). The molecule has 0 unspecified atom stereocenters. The highest BCUT2D eigenvalue weighted by atomic mass is 35.5. The van der Waals surface area contributed by atoms with E-state index in [0.29, 0.717) is 52.3 Å². The maximum absolute atomic E-state index is 13.0. The molecule has 0 saturated heterocycles. The normalized spacial score (nSPS) is 10.5. The average Bonchev–Trinajstić information content (AvgIpc) is 2.83. The highest BCUT2D eigenvalue weighted by Gasteiger charge is 2.20. The van der Waals surface area contributed by atoms with E-state index in [4.69, 9.17) is 26.8 Å². The van der Waals surface area contributed by atoms with Crippen LogP contribution >= 0.6 is 11.6 Å². The minimum Gasteiger partial charge on any atom is -0.496 e. The minimum absolute atomic E-state index is 0.268. The van der Waals surface area contributed by atoms with Gasteiger partial charge in [-0.15, -0.1) is 0 Å². The van der Waals surface area contributed by atoms with Crippen molar-refractivity contribution in [3.63, 3.8) is 0 Å². The number of nitrogens with one attached hydrogen (secondary N) is 3. The zero-order chi connectivity index (χ0) is 24.8. The van der Waals surface area contributed by atoms with Crippen molar-refractivity contribution in [2.75, 3.05) is 49.6 Å². The second kappa shape index (κ2) is 10.9. The predicted octanol–water partition coefficient (Wildman–Crippen LogP) is 4.17. The summed E-state index contributed by atoms with van der Waals surface area (Å²) in [5.41, 5.74) is 9.56. The van der Waals surface area contributed by atoms with Crippen molar-refractivity contribution in [1.82, 2.24) is 15.3 Å². The fourth-order valence-corrected chi connectivity index (χ4v) is 3.60. The fraction of sp³-hybridized carbons (Fsp3) is 0.261. The predicted molar refractivity (Wildman–Crippen MR) is 136 cm³/mol. The van der Waals surface area contributed by atoms with Gasteiger partial charge in [-0.05, 0) is 31.7 Å². The van der Waals surface area contributed by atoms with Gasteiger partial charge in [-0.2, -0.15) is 0 Å². The summed E-state index contributed by atoms with van der Waals surface area (Å²) in [5, 5.41) is 9.33. The second-order valence-electron chi connectivity index (χ2n) is 7.42. The van der Waals surface area contributed by atoms with Crippen LogP contribution in [0.15, 0.2) is 36.7 Å². The van der Waals surface area contributed by atoms with E-state index in [1.54, 1.807) is 26.1 Å². The number of halogens is 1. The Bertz CT molecular complexity index is 1160. The molecule has 2 aromatic carbocycles. The molecular formula is C23H28ClN7O3. The van der Waals surface area contributed by atoms with Gasteiger partial charge in [0, 0.05) is 31.3 Å². The fourth-order valence-electron chi connectivity index (χ4n) is 3.28. The summed E-state index contributed by atoms with van der Waals surface area (Å²) in [4.78, 5) is 22.8. The maximum atomic E-state index is 13.0. The first-order valence-corrected chi connectivity index (χ1v) is 10.7. The van der Waals surface area contributed by atoms with Gasteiger partial charge in [-0.1, -0.05) is 17.7 Å². The number of aromatic nitrogens is 2. The summed E-state index contributed by atoms with van der Waals surface area (Å²) in [6, 6.07) is 8.57. The molecule has 1 heterocycles. The van der Waals surface area contributed by atoms with Crippen molar-refractivity contribution in [2.24, 2.45) is 0 Å². The van der Waals surface area contributed by atoms with E-state index in [2.05, 4.69) is 25.9 Å². The highest BCUT2D eigenvalue weighted by molar-refractivity contribution is 6.35. The maximum Gasteiger partial charge on any atom is 0.327 e. The third-order valence-corrected chi connectivity index (χ3v) is 5.55. The third-order valence-electron chi connectivity index (χ3n) is 5.17. The Kier molecular flexibility index (Phi) is 7.98. The number of carbonyl (C=O) groups excluding carboxylic acids is 1. The van der Waals surface area contributed by atoms with E-state index in [-0.39, 0.29) is 5.02 Å². The third kappa shape index (κ3) is 5.41. The zero-order valence-electron chi connectivity index (χ0n) is 19.7. The molecule has 10 nitrogen and oxygen atoms in total. The van der Waals surface area contributed by atoms with Gasteiger partial charge in [0.2, 0.25) is 0 Å². The molecule has 0 aliphatic rings. The Hall–Kier alpha value is -3.76. The molecule has 0 aliphatic heterocycles. The molecule has 34 heavy (non-hydrogen) atoms.